The minimum Gasteiger partial charge on any atom is -0.481 e. The van der Waals surface area contributed by atoms with Crippen molar-refractivity contribution in [3.63, 3.8) is 0 Å². The number of oxazole rings is 1. The van der Waals surface area contributed by atoms with E-state index in [1.807, 2.05) is 30.3 Å². The Balaban J connectivity index is 1.38. The first-order chi connectivity index (χ1) is 23.1. The highest BCUT2D eigenvalue weighted by Gasteiger charge is 2.32. The predicted octanol–water partition coefficient (Wildman–Crippen LogP) is 6.35. The van der Waals surface area contributed by atoms with E-state index in [4.69, 9.17) is 23.3 Å². The van der Waals surface area contributed by atoms with Gasteiger partial charge in [-0.15, -0.1) is 0 Å². The summed E-state index contributed by atoms with van der Waals surface area (Å²) in [5.41, 5.74) is 2.17. The molecule has 0 aliphatic heterocycles. The lowest BCUT2D eigenvalue weighted by molar-refractivity contribution is -0.150. The summed E-state index contributed by atoms with van der Waals surface area (Å²) in [4.78, 5) is 53.6. The number of aromatic nitrogens is 1. The molecule has 2 N–H and O–H groups in total. The summed E-state index contributed by atoms with van der Waals surface area (Å²) in [6, 6.07) is 24.3. The quantitative estimate of drug-likeness (QED) is 0.0684. The van der Waals surface area contributed by atoms with Crippen molar-refractivity contribution >= 4 is 31.2 Å². The van der Waals surface area contributed by atoms with E-state index < -0.39 is 31.5 Å². The molecule has 2 atom stereocenters. The maximum Gasteiger partial charge on any atom is 0.381 e. The average molecular weight is 677 g/mol. The number of hydrogen-bond donors (Lipinski definition) is 2. The Labute approximate surface area is 278 Å². The van der Waals surface area contributed by atoms with Crippen molar-refractivity contribution < 1.29 is 47.1 Å². The number of carboxylic acid groups (broad SMARTS) is 1. The predicted molar refractivity (Wildman–Crippen MR) is 177 cm³/mol. The summed E-state index contributed by atoms with van der Waals surface area (Å²) < 4.78 is 35.6. The van der Waals surface area contributed by atoms with Crippen LogP contribution in [0.3, 0.4) is 0 Å². The standard InChI is InChI=1S/C35H37N2O10P/c1-3-44-35(42)24(2)46-48(43,47-28-15-8-5-9-16-28)22-21-36-30(39)18-17-29(38)26-13-10-14-27(23-26)33-34(25-11-6-4-7-12-25)45-31(37-33)19-20-32(40)41/h4-16,23-24H,3,17-22H2,1-2H3,(H,36,39)(H,40,41)/t24-,48?/m1/s1. The van der Waals surface area contributed by atoms with Gasteiger partial charge in [-0.2, -0.15) is 0 Å². The van der Waals surface area contributed by atoms with Crippen molar-refractivity contribution in [3.05, 3.63) is 96.4 Å². The lowest BCUT2D eigenvalue weighted by atomic mass is 10.0. The number of ether oxygens (including phenoxy) is 1. The van der Waals surface area contributed by atoms with Crippen LogP contribution in [-0.2, 0) is 34.6 Å². The van der Waals surface area contributed by atoms with Crippen molar-refractivity contribution in [1.82, 2.24) is 10.3 Å². The first-order valence-corrected chi connectivity index (χ1v) is 17.2. The van der Waals surface area contributed by atoms with Gasteiger partial charge in [-0.25, -0.2) is 14.3 Å². The Hall–Kier alpha value is -5.06. The Morgan fingerprint density at radius 3 is 2.29 bits per heavy atom. The fraction of sp³-hybridized carbons (Fsp3) is 0.286. The summed E-state index contributed by atoms with van der Waals surface area (Å²) in [6.45, 7) is 3.07. The second-order valence-electron chi connectivity index (χ2n) is 10.6. The number of nitrogens with one attached hydrogen (secondary N) is 1. The third kappa shape index (κ3) is 10.5. The van der Waals surface area contributed by atoms with Gasteiger partial charge in [-0.3, -0.25) is 18.9 Å². The largest absolute Gasteiger partial charge is 0.481 e. The lowest BCUT2D eigenvalue weighted by Crippen LogP contribution is -2.29. The number of amides is 1. The van der Waals surface area contributed by atoms with Gasteiger partial charge in [0.1, 0.15) is 11.4 Å². The Kier molecular flexibility index (Phi) is 12.8. The Morgan fingerprint density at radius 1 is 0.917 bits per heavy atom. The zero-order valence-electron chi connectivity index (χ0n) is 26.6. The van der Waals surface area contributed by atoms with Gasteiger partial charge in [0.15, 0.2) is 23.5 Å². The van der Waals surface area contributed by atoms with E-state index in [-0.39, 0.29) is 62.4 Å². The molecule has 3 aromatic carbocycles. The second-order valence-corrected chi connectivity index (χ2v) is 12.7. The van der Waals surface area contributed by atoms with Crippen molar-refractivity contribution in [2.75, 3.05) is 19.3 Å². The van der Waals surface area contributed by atoms with Crippen LogP contribution in [0, 0.1) is 0 Å². The molecule has 1 amide bonds. The summed E-state index contributed by atoms with van der Waals surface area (Å²) in [5, 5.41) is 11.7. The second kappa shape index (κ2) is 17.2. The molecule has 1 unspecified atom stereocenters. The SMILES string of the molecule is CCOC(=O)[C@@H](C)OP(=O)(CCNC(=O)CCC(=O)c1cccc(-c2nc(CCC(=O)O)oc2-c2ccccc2)c1)Oc1ccccc1. The van der Waals surface area contributed by atoms with E-state index in [0.717, 1.165) is 5.56 Å². The molecule has 4 aromatic rings. The van der Waals surface area contributed by atoms with Crippen molar-refractivity contribution in [2.24, 2.45) is 0 Å². The molecule has 0 saturated heterocycles. The molecule has 1 aromatic heterocycles. The molecule has 0 saturated carbocycles. The molecule has 1 heterocycles. The number of carbonyl (C=O) groups excluding carboxylic acids is 3. The van der Waals surface area contributed by atoms with E-state index >= 15 is 0 Å². The fourth-order valence-electron chi connectivity index (χ4n) is 4.60. The number of ketones is 1. The molecule has 0 radical (unpaired) electrons. The normalized spacial score (nSPS) is 12.8. The number of carboxylic acids is 1. The Morgan fingerprint density at radius 2 is 1.60 bits per heavy atom. The van der Waals surface area contributed by atoms with Crippen LogP contribution in [0.1, 0.15) is 49.4 Å². The van der Waals surface area contributed by atoms with Crippen molar-refractivity contribution in [2.45, 2.75) is 45.6 Å². The maximum absolute atomic E-state index is 13.6. The third-order valence-corrected chi connectivity index (χ3v) is 8.83. The van der Waals surface area contributed by atoms with Crippen LogP contribution in [-0.4, -0.2) is 59.1 Å². The molecule has 0 aliphatic rings. The van der Waals surface area contributed by atoms with E-state index in [2.05, 4.69) is 10.3 Å². The number of aliphatic carboxylic acids is 1. The van der Waals surface area contributed by atoms with E-state index in [1.165, 1.54) is 6.92 Å². The van der Waals surface area contributed by atoms with Gasteiger partial charge < -0.3 is 24.1 Å². The number of aryl methyl sites for hydroxylation is 1. The van der Waals surface area contributed by atoms with Crippen LogP contribution >= 0.6 is 7.60 Å². The monoisotopic (exact) mass is 676 g/mol. The average Bonchev–Trinajstić information content (AvgIpc) is 3.52. The van der Waals surface area contributed by atoms with E-state index in [9.17, 15) is 23.7 Å². The first kappa shape index (κ1) is 35.8. The molecule has 12 nitrogen and oxygen atoms in total. The van der Waals surface area contributed by atoms with Gasteiger partial charge in [-0.05, 0) is 32.0 Å². The lowest BCUT2D eigenvalue weighted by Gasteiger charge is -2.22. The van der Waals surface area contributed by atoms with Gasteiger partial charge >= 0.3 is 19.5 Å². The first-order valence-electron chi connectivity index (χ1n) is 15.4. The van der Waals surface area contributed by atoms with Gasteiger partial charge in [-0.1, -0.05) is 66.7 Å². The zero-order chi connectivity index (χ0) is 34.5. The number of esters is 1. The number of nitrogens with zero attached hydrogens (tertiary/aromatic N) is 1. The van der Waals surface area contributed by atoms with Gasteiger partial charge in [0, 0.05) is 42.5 Å². The van der Waals surface area contributed by atoms with Crippen LogP contribution in [0.4, 0.5) is 0 Å². The minimum absolute atomic E-state index is 0.0964. The van der Waals surface area contributed by atoms with Crippen molar-refractivity contribution in [1.29, 1.82) is 0 Å². The molecular weight excluding hydrogens is 639 g/mol. The van der Waals surface area contributed by atoms with Crippen LogP contribution in [0.15, 0.2) is 89.3 Å². The molecule has 4 rings (SSSR count). The number of carbonyl (C=O) groups is 4. The highest BCUT2D eigenvalue weighted by atomic mass is 31.2. The minimum atomic E-state index is -3.91. The van der Waals surface area contributed by atoms with Crippen LogP contribution in [0.5, 0.6) is 5.75 Å². The van der Waals surface area contributed by atoms with Gasteiger partial charge in [0.25, 0.3) is 0 Å². The summed E-state index contributed by atoms with van der Waals surface area (Å²) >= 11 is 0. The summed E-state index contributed by atoms with van der Waals surface area (Å²) in [5.74, 6) is -1.41. The van der Waals surface area contributed by atoms with Gasteiger partial charge in [0.2, 0.25) is 5.91 Å². The van der Waals surface area contributed by atoms with Gasteiger partial charge in [0.05, 0.1) is 19.2 Å². The number of Topliss-reactive ketones (excluding diaryl/α,β-unsaturated/α-hetero) is 1. The summed E-state index contributed by atoms with van der Waals surface area (Å²) in [7, 11) is -3.91. The smallest absolute Gasteiger partial charge is 0.381 e. The summed E-state index contributed by atoms with van der Waals surface area (Å²) in [6.07, 6.45) is -1.67. The highest BCUT2D eigenvalue weighted by Crippen LogP contribution is 2.49. The molecule has 0 fully saturated rings. The fourth-order valence-corrected chi connectivity index (χ4v) is 6.24. The molecule has 252 valence electrons. The van der Waals surface area contributed by atoms with E-state index in [0.29, 0.717) is 22.6 Å². The number of para-hydroxylation sites is 1. The third-order valence-electron chi connectivity index (χ3n) is 6.93. The number of hydrogen-bond acceptors (Lipinski definition) is 10. The zero-order valence-corrected chi connectivity index (χ0v) is 27.5. The topological polar surface area (TPSA) is 171 Å². The Bertz CT molecular complexity index is 1760. The van der Waals surface area contributed by atoms with Crippen molar-refractivity contribution in [3.8, 4) is 28.3 Å². The molecule has 13 heteroatoms. The molecule has 0 spiro atoms. The molecule has 0 aliphatic carbocycles. The molecule has 0 bridgehead atoms. The van der Waals surface area contributed by atoms with Crippen LogP contribution in [0.25, 0.3) is 22.6 Å². The van der Waals surface area contributed by atoms with Crippen LogP contribution < -0.4 is 9.84 Å². The highest BCUT2D eigenvalue weighted by molar-refractivity contribution is 7.54. The van der Waals surface area contributed by atoms with Crippen LogP contribution in [0.2, 0.25) is 0 Å². The molecular formula is C35H37N2O10P. The number of benzene rings is 3. The van der Waals surface area contributed by atoms with E-state index in [1.54, 1.807) is 61.5 Å². The number of rotatable bonds is 18. The molecule has 48 heavy (non-hydrogen) atoms. The maximum atomic E-state index is 13.6.